The molecule has 0 saturated heterocycles. The van der Waals surface area contributed by atoms with Crippen LogP contribution in [0.2, 0.25) is 5.02 Å². The summed E-state index contributed by atoms with van der Waals surface area (Å²) in [6.45, 7) is 0.544. The van der Waals surface area contributed by atoms with Crippen LogP contribution >= 0.6 is 11.6 Å². The second kappa shape index (κ2) is 8.39. The van der Waals surface area contributed by atoms with Crippen molar-refractivity contribution in [3.05, 3.63) is 69.2 Å². The number of hydrogen-bond donors (Lipinski definition) is 1. The number of nitrogens with zero attached hydrogens (tertiary/aromatic N) is 2. The number of halogens is 1. The Kier molecular flexibility index (Phi) is 6.49. The number of sulfonamides is 1. The van der Waals surface area contributed by atoms with Crippen molar-refractivity contribution in [1.29, 1.82) is 0 Å². The topological polar surface area (TPSA) is 107 Å². The highest BCUT2D eigenvalue weighted by atomic mass is 35.5. The van der Waals surface area contributed by atoms with Gasteiger partial charge in [-0.25, -0.2) is 8.42 Å². The Labute approximate surface area is 151 Å². The molecule has 0 amide bonds. The van der Waals surface area contributed by atoms with E-state index in [1.165, 1.54) is 10.4 Å². The molecule has 0 fully saturated rings. The Hall–Kier alpha value is -2.00. The van der Waals surface area contributed by atoms with Crippen molar-refractivity contribution < 1.29 is 13.3 Å². The van der Waals surface area contributed by atoms with Gasteiger partial charge in [0.15, 0.2) is 4.90 Å². The molecule has 0 aromatic heterocycles. The molecule has 2 rings (SSSR count). The summed E-state index contributed by atoms with van der Waals surface area (Å²) in [7, 11) is -4.12. The Morgan fingerprint density at radius 3 is 2.44 bits per heavy atom. The molecular formula is C16H18ClN3O4S. The molecule has 0 saturated carbocycles. The Morgan fingerprint density at radius 2 is 1.84 bits per heavy atom. The normalized spacial score (nSPS) is 11.6. The maximum Gasteiger partial charge on any atom is 0.289 e. The summed E-state index contributed by atoms with van der Waals surface area (Å²) in [5, 5.41) is 11.3. The molecule has 0 aliphatic carbocycles. The molecule has 7 nitrogen and oxygen atoms in total. The number of nitrogens with two attached hydrogens (primary N) is 1. The van der Waals surface area contributed by atoms with Gasteiger partial charge in [-0.1, -0.05) is 41.9 Å². The summed E-state index contributed by atoms with van der Waals surface area (Å²) in [6, 6.07) is 12.5. The molecule has 25 heavy (non-hydrogen) atoms. The van der Waals surface area contributed by atoms with Crippen LogP contribution < -0.4 is 5.73 Å². The smallest absolute Gasteiger partial charge is 0.289 e. The molecule has 0 bridgehead atoms. The molecule has 2 aromatic rings. The minimum atomic E-state index is -4.12. The van der Waals surface area contributed by atoms with Crippen LogP contribution in [0.5, 0.6) is 0 Å². The van der Waals surface area contributed by atoms with Gasteiger partial charge >= 0.3 is 0 Å². The second-order valence-corrected chi connectivity index (χ2v) is 7.68. The standard InChI is InChI=1S/C16H18ClN3O4S/c17-14-7-8-15(20(21)22)16(11-14)25(23,24)19(10-4-9-18)12-13-5-2-1-3-6-13/h1-3,5-8,11H,4,9-10,12,18H2. The van der Waals surface area contributed by atoms with E-state index in [4.69, 9.17) is 17.3 Å². The van der Waals surface area contributed by atoms with Gasteiger partial charge in [-0.15, -0.1) is 0 Å². The van der Waals surface area contributed by atoms with Crippen molar-refractivity contribution in [2.24, 2.45) is 5.73 Å². The minimum Gasteiger partial charge on any atom is -0.330 e. The van der Waals surface area contributed by atoms with Crippen molar-refractivity contribution in [2.75, 3.05) is 13.1 Å². The van der Waals surface area contributed by atoms with Crippen LogP contribution in [-0.2, 0) is 16.6 Å². The quantitative estimate of drug-likeness (QED) is 0.557. The maximum absolute atomic E-state index is 13.0. The summed E-state index contributed by atoms with van der Waals surface area (Å²) < 4.78 is 27.3. The summed E-state index contributed by atoms with van der Waals surface area (Å²) in [6.07, 6.45) is 0.431. The van der Waals surface area contributed by atoms with Crippen LogP contribution in [0.15, 0.2) is 53.4 Å². The second-order valence-electron chi connectivity index (χ2n) is 5.34. The lowest BCUT2D eigenvalue weighted by molar-refractivity contribution is -0.387. The van der Waals surface area contributed by atoms with E-state index in [-0.39, 0.29) is 18.1 Å². The molecule has 2 N–H and O–H groups in total. The highest BCUT2D eigenvalue weighted by Crippen LogP contribution is 2.30. The molecule has 9 heteroatoms. The van der Waals surface area contributed by atoms with Crippen LogP contribution in [0.4, 0.5) is 5.69 Å². The number of benzene rings is 2. The van der Waals surface area contributed by atoms with Crippen LogP contribution in [0.25, 0.3) is 0 Å². The first kappa shape index (κ1) is 19.3. The molecule has 0 radical (unpaired) electrons. The number of hydrogen-bond acceptors (Lipinski definition) is 5. The number of nitro benzene ring substituents is 1. The molecule has 0 atom stereocenters. The Balaban J connectivity index is 2.48. The van der Waals surface area contributed by atoms with Gasteiger partial charge in [0.1, 0.15) is 0 Å². The predicted molar refractivity (Wildman–Crippen MR) is 95.8 cm³/mol. The van der Waals surface area contributed by atoms with Crippen LogP contribution in [-0.4, -0.2) is 30.7 Å². The molecule has 0 heterocycles. The van der Waals surface area contributed by atoms with Crippen molar-refractivity contribution in [2.45, 2.75) is 17.9 Å². The van der Waals surface area contributed by atoms with Crippen LogP contribution in [0.1, 0.15) is 12.0 Å². The number of nitro groups is 1. The third kappa shape index (κ3) is 4.76. The van der Waals surface area contributed by atoms with E-state index in [2.05, 4.69) is 0 Å². The van der Waals surface area contributed by atoms with Gasteiger partial charge in [0.05, 0.1) is 4.92 Å². The van der Waals surface area contributed by atoms with E-state index in [9.17, 15) is 18.5 Å². The number of rotatable bonds is 8. The summed E-state index contributed by atoms with van der Waals surface area (Å²) >= 11 is 5.87. The monoisotopic (exact) mass is 383 g/mol. The SMILES string of the molecule is NCCCN(Cc1ccccc1)S(=O)(=O)c1cc(Cl)ccc1[N+](=O)[O-]. The van der Waals surface area contributed by atoms with Crippen LogP contribution in [0, 0.1) is 10.1 Å². The fourth-order valence-corrected chi connectivity index (χ4v) is 4.21. The lowest BCUT2D eigenvalue weighted by atomic mass is 10.2. The zero-order valence-electron chi connectivity index (χ0n) is 13.3. The lowest BCUT2D eigenvalue weighted by Crippen LogP contribution is -2.33. The molecule has 134 valence electrons. The van der Waals surface area contributed by atoms with E-state index >= 15 is 0 Å². The van der Waals surface area contributed by atoms with Crippen molar-refractivity contribution in [3.8, 4) is 0 Å². The largest absolute Gasteiger partial charge is 0.330 e. The highest BCUT2D eigenvalue weighted by molar-refractivity contribution is 7.89. The molecule has 0 unspecified atom stereocenters. The zero-order chi connectivity index (χ0) is 18.4. The highest BCUT2D eigenvalue weighted by Gasteiger charge is 2.31. The van der Waals surface area contributed by atoms with Gasteiger partial charge < -0.3 is 5.73 Å². The first-order valence-electron chi connectivity index (χ1n) is 7.54. The van der Waals surface area contributed by atoms with Crippen LogP contribution in [0.3, 0.4) is 0 Å². The van der Waals surface area contributed by atoms with E-state index in [0.29, 0.717) is 13.0 Å². The average molecular weight is 384 g/mol. The molecule has 0 aliphatic rings. The minimum absolute atomic E-state index is 0.0901. The summed E-state index contributed by atoms with van der Waals surface area (Å²) in [5.41, 5.74) is 5.77. The lowest BCUT2D eigenvalue weighted by Gasteiger charge is -2.22. The Morgan fingerprint density at radius 1 is 1.16 bits per heavy atom. The van der Waals surface area contributed by atoms with Crippen molar-refractivity contribution in [1.82, 2.24) is 4.31 Å². The van der Waals surface area contributed by atoms with E-state index in [0.717, 1.165) is 17.7 Å². The molecule has 2 aromatic carbocycles. The summed E-state index contributed by atoms with van der Waals surface area (Å²) in [5.74, 6) is 0. The molecule has 0 spiro atoms. The van der Waals surface area contributed by atoms with Crippen molar-refractivity contribution in [3.63, 3.8) is 0 Å². The average Bonchev–Trinajstić information content (AvgIpc) is 2.59. The van der Waals surface area contributed by atoms with Gasteiger partial charge in [-0.3, -0.25) is 10.1 Å². The van der Waals surface area contributed by atoms with Gasteiger partial charge in [0.25, 0.3) is 5.69 Å². The predicted octanol–water partition coefficient (Wildman–Crippen LogP) is 2.79. The van der Waals surface area contributed by atoms with Gasteiger partial charge in [0, 0.05) is 24.2 Å². The first-order chi connectivity index (χ1) is 11.9. The van der Waals surface area contributed by atoms with Crippen molar-refractivity contribution >= 4 is 27.3 Å². The Bertz CT molecular complexity index is 844. The summed E-state index contributed by atoms with van der Waals surface area (Å²) in [4.78, 5) is 10.1. The fraction of sp³-hybridized carbons (Fsp3) is 0.250. The van der Waals surface area contributed by atoms with E-state index in [1.807, 2.05) is 6.07 Å². The third-order valence-electron chi connectivity index (χ3n) is 3.55. The van der Waals surface area contributed by atoms with E-state index in [1.54, 1.807) is 24.3 Å². The van der Waals surface area contributed by atoms with Gasteiger partial charge in [-0.05, 0) is 30.7 Å². The fourth-order valence-electron chi connectivity index (χ4n) is 2.32. The molecular weight excluding hydrogens is 366 g/mol. The molecule has 0 aliphatic heterocycles. The van der Waals surface area contributed by atoms with E-state index < -0.39 is 25.5 Å². The van der Waals surface area contributed by atoms with Gasteiger partial charge in [0.2, 0.25) is 10.0 Å². The van der Waals surface area contributed by atoms with Gasteiger partial charge in [-0.2, -0.15) is 4.31 Å². The zero-order valence-corrected chi connectivity index (χ0v) is 14.9. The first-order valence-corrected chi connectivity index (χ1v) is 9.36. The third-order valence-corrected chi connectivity index (χ3v) is 5.66. The maximum atomic E-state index is 13.0.